The molecule has 0 spiro atoms. The highest BCUT2D eigenvalue weighted by Gasteiger charge is 2.25. The van der Waals surface area contributed by atoms with Crippen LogP contribution in [0.25, 0.3) is 0 Å². The fourth-order valence-electron chi connectivity index (χ4n) is 3.72. The van der Waals surface area contributed by atoms with Gasteiger partial charge < -0.3 is 31.2 Å². The number of hydrazine groups is 1. The maximum absolute atomic E-state index is 12.8. The minimum absolute atomic E-state index is 0.0823. The number of unbranched alkanes of at least 4 members (excludes halogenated alkanes) is 3. The molecule has 0 fully saturated rings. The first-order valence-electron chi connectivity index (χ1n) is 14.5. The van der Waals surface area contributed by atoms with Crippen LogP contribution < -0.4 is 32.5 Å². The third kappa shape index (κ3) is 22.2. The first kappa shape index (κ1) is 37.4. The van der Waals surface area contributed by atoms with Crippen LogP contribution in [0, 0.1) is 5.92 Å². The topological polar surface area (TPSA) is 173 Å². The zero-order valence-electron chi connectivity index (χ0n) is 26.0. The number of ether oxygens (including phenoxy) is 2. The van der Waals surface area contributed by atoms with Crippen molar-refractivity contribution in [3.63, 3.8) is 0 Å². The van der Waals surface area contributed by atoms with Gasteiger partial charge in [0.25, 0.3) is 5.91 Å². The van der Waals surface area contributed by atoms with Crippen LogP contribution in [0.1, 0.15) is 107 Å². The van der Waals surface area contributed by atoms with Crippen LogP contribution in [0.4, 0.5) is 9.59 Å². The summed E-state index contributed by atoms with van der Waals surface area (Å²) in [6, 6.07) is -0.962. The molecule has 4 amide bonds. The molecule has 0 rings (SSSR count). The predicted octanol–water partition coefficient (Wildman–Crippen LogP) is 3.25. The summed E-state index contributed by atoms with van der Waals surface area (Å²) in [7, 11) is 0. The molecule has 0 bridgehead atoms. The number of carbonyl (C=O) groups excluding carboxylic acids is 4. The number of rotatable bonds is 17. The van der Waals surface area contributed by atoms with Crippen LogP contribution in [-0.2, 0) is 19.1 Å². The van der Waals surface area contributed by atoms with Crippen molar-refractivity contribution in [2.45, 2.75) is 130 Å². The van der Waals surface area contributed by atoms with Crippen molar-refractivity contribution in [3.05, 3.63) is 0 Å². The second kappa shape index (κ2) is 19.5. The first-order valence-corrected chi connectivity index (χ1v) is 14.5. The molecule has 0 saturated carbocycles. The van der Waals surface area contributed by atoms with Gasteiger partial charge in [-0.15, -0.1) is 0 Å². The number of nitrogens with one attached hydrogen (secondary N) is 5. The molecular formula is C28H56N6O6. The average Bonchev–Trinajstić information content (AvgIpc) is 2.78. The molecule has 12 nitrogen and oxygen atoms in total. The van der Waals surface area contributed by atoms with Crippen molar-refractivity contribution in [1.29, 1.82) is 0 Å². The van der Waals surface area contributed by atoms with Crippen LogP contribution in [0.15, 0.2) is 0 Å². The molecule has 1 unspecified atom stereocenters. The lowest BCUT2D eigenvalue weighted by molar-refractivity contribution is -0.130. The quantitative estimate of drug-likeness (QED) is 0.114. The fourth-order valence-corrected chi connectivity index (χ4v) is 3.72. The number of nitrogens with two attached hydrogens (primary N) is 1. The van der Waals surface area contributed by atoms with E-state index in [2.05, 4.69) is 40.6 Å². The van der Waals surface area contributed by atoms with Gasteiger partial charge in [0, 0.05) is 19.0 Å². The Morgan fingerprint density at radius 1 is 0.775 bits per heavy atom. The molecule has 0 saturated heterocycles. The third-order valence-electron chi connectivity index (χ3n) is 5.40. The SMILES string of the molecule is CC(C)C[C@@H](CNCCCCC(NC(=O)OC(C)(C)C)C(=O)NNC(=O)CCCCCN)NC(=O)OC(C)(C)C. The van der Waals surface area contributed by atoms with Gasteiger partial charge in [-0.05, 0) is 99.1 Å². The molecule has 0 aliphatic heterocycles. The number of amides is 4. The van der Waals surface area contributed by atoms with E-state index in [0.29, 0.717) is 44.8 Å². The van der Waals surface area contributed by atoms with Crippen LogP contribution in [0.5, 0.6) is 0 Å². The van der Waals surface area contributed by atoms with Gasteiger partial charge in [0.05, 0.1) is 0 Å². The van der Waals surface area contributed by atoms with E-state index in [-0.39, 0.29) is 18.4 Å². The zero-order valence-corrected chi connectivity index (χ0v) is 26.0. The summed E-state index contributed by atoms with van der Waals surface area (Å²) in [5.41, 5.74) is 9.00. The van der Waals surface area contributed by atoms with Gasteiger partial charge >= 0.3 is 12.2 Å². The van der Waals surface area contributed by atoms with Crippen LogP contribution >= 0.6 is 0 Å². The van der Waals surface area contributed by atoms with E-state index in [1.54, 1.807) is 20.8 Å². The first-order chi connectivity index (χ1) is 18.5. The summed E-state index contributed by atoms with van der Waals surface area (Å²) in [5.74, 6) is -0.430. The summed E-state index contributed by atoms with van der Waals surface area (Å²) >= 11 is 0. The van der Waals surface area contributed by atoms with Crippen molar-refractivity contribution in [2.24, 2.45) is 11.7 Å². The lowest BCUT2D eigenvalue weighted by atomic mass is 10.0. The van der Waals surface area contributed by atoms with Gasteiger partial charge in [-0.3, -0.25) is 20.4 Å². The average molecular weight is 573 g/mol. The van der Waals surface area contributed by atoms with Crippen molar-refractivity contribution < 1.29 is 28.7 Å². The smallest absolute Gasteiger partial charge is 0.408 e. The molecule has 40 heavy (non-hydrogen) atoms. The van der Waals surface area contributed by atoms with Gasteiger partial charge in [-0.25, -0.2) is 9.59 Å². The van der Waals surface area contributed by atoms with E-state index in [1.807, 2.05) is 20.8 Å². The van der Waals surface area contributed by atoms with Gasteiger partial charge in [-0.1, -0.05) is 20.3 Å². The molecule has 0 aromatic rings. The lowest BCUT2D eigenvalue weighted by Crippen LogP contribution is -2.53. The highest BCUT2D eigenvalue weighted by Crippen LogP contribution is 2.10. The van der Waals surface area contributed by atoms with Crippen LogP contribution in [0.3, 0.4) is 0 Å². The summed E-state index contributed by atoms with van der Waals surface area (Å²) in [5, 5.41) is 8.90. The lowest BCUT2D eigenvalue weighted by Gasteiger charge is -2.25. The molecule has 0 aromatic heterocycles. The Bertz CT molecular complexity index is 763. The van der Waals surface area contributed by atoms with E-state index in [0.717, 1.165) is 25.7 Å². The summed E-state index contributed by atoms with van der Waals surface area (Å²) < 4.78 is 10.7. The van der Waals surface area contributed by atoms with E-state index >= 15 is 0 Å². The Morgan fingerprint density at radius 2 is 1.38 bits per heavy atom. The molecular weight excluding hydrogens is 516 g/mol. The van der Waals surface area contributed by atoms with E-state index in [9.17, 15) is 19.2 Å². The Balaban J connectivity index is 4.77. The Kier molecular flexibility index (Phi) is 18.2. The van der Waals surface area contributed by atoms with Crippen molar-refractivity contribution in [2.75, 3.05) is 19.6 Å². The molecule has 0 heterocycles. The number of carbonyl (C=O) groups is 4. The molecule has 0 radical (unpaired) electrons. The normalized spacial score (nSPS) is 13.2. The van der Waals surface area contributed by atoms with Crippen molar-refractivity contribution in [1.82, 2.24) is 26.8 Å². The Hall–Kier alpha value is -2.60. The van der Waals surface area contributed by atoms with Crippen LogP contribution in [0.2, 0.25) is 0 Å². The summed E-state index contributed by atoms with van der Waals surface area (Å²) in [4.78, 5) is 49.3. The summed E-state index contributed by atoms with van der Waals surface area (Å²) in [6.07, 6.45) is 3.99. The highest BCUT2D eigenvalue weighted by atomic mass is 16.6. The monoisotopic (exact) mass is 572 g/mol. The minimum atomic E-state index is -0.880. The molecule has 0 aliphatic carbocycles. The fraction of sp³-hybridized carbons (Fsp3) is 0.857. The number of hydrogen-bond acceptors (Lipinski definition) is 8. The van der Waals surface area contributed by atoms with Crippen molar-refractivity contribution in [3.8, 4) is 0 Å². The number of alkyl carbamates (subject to hydrolysis) is 2. The van der Waals surface area contributed by atoms with Gasteiger partial charge in [0.1, 0.15) is 17.2 Å². The zero-order chi connectivity index (χ0) is 30.8. The molecule has 12 heteroatoms. The highest BCUT2D eigenvalue weighted by molar-refractivity contribution is 5.87. The molecule has 0 aromatic carbocycles. The molecule has 234 valence electrons. The Labute approximate surface area is 241 Å². The van der Waals surface area contributed by atoms with Crippen molar-refractivity contribution >= 4 is 24.0 Å². The molecule has 0 aliphatic rings. The minimum Gasteiger partial charge on any atom is -0.444 e. The van der Waals surface area contributed by atoms with E-state index < -0.39 is 35.3 Å². The largest absolute Gasteiger partial charge is 0.444 e. The predicted molar refractivity (Wildman–Crippen MR) is 156 cm³/mol. The maximum Gasteiger partial charge on any atom is 0.408 e. The van der Waals surface area contributed by atoms with Gasteiger partial charge in [-0.2, -0.15) is 0 Å². The Morgan fingerprint density at radius 3 is 1.93 bits per heavy atom. The van der Waals surface area contributed by atoms with E-state index in [4.69, 9.17) is 15.2 Å². The van der Waals surface area contributed by atoms with Gasteiger partial charge in [0.2, 0.25) is 5.91 Å². The van der Waals surface area contributed by atoms with Crippen LogP contribution in [-0.4, -0.2) is 66.9 Å². The third-order valence-corrected chi connectivity index (χ3v) is 5.40. The molecule has 7 N–H and O–H groups in total. The second-order valence-corrected chi connectivity index (χ2v) is 12.5. The maximum atomic E-state index is 12.8. The second-order valence-electron chi connectivity index (χ2n) is 12.5. The van der Waals surface area contributed by atoms with Gasteiger partial charge in [0.15, 0.2) is 0 Å². The number of hydrogen-bond donors (Lipinski definition) is 6. The standard InChI is InChI=1S/C28H56N6O6/c1-20(2)18-21(31-25(37)39-27(3,4)5)19-30-17-13-11-14-22(32-26(38)40-28(6,7)8)24(36)34-33-23(35)15-10-9-12-16-29/h20-22,30H,9-19,29H2,1-8H3,(H,31,37)(H,32,38)(H,33,35)(H,34,36)/t21-,22?/m0/s1. The summed E-state index contributed by atoms with van der Waals surface area (Å²) in [6.45, 7) is 16.7. The molecule has 2 atom stereocenters. The van der Waals surface area contributed by atoms with E-state index in [1.165, 1.54) is 0 Å².